The molecule has 0 aromatic heterocycles. The van der Waals surface area contributed by atoms with Gasteiger partial charge in [-0.3, -0.25) is 9.59 Å². The Hall–Kier alpha value is -1.92. The first-order chi connectivity index (χ1) is 12.3. The average molecular weight is 361 g/mol. The summed E-state index contributed by atoms with van der Waals surface area (Å²) in [6.07, 6.45) is 1.20. The van der Waals surface area contributed by atoms with Gasteiger partial charge in [-0.1, -0.05) is 30.3 Å². The molecular weight excluding hydrogens is 328 g/mol. The smallest absolute Gasteiger partial charge is 0.223 e. The summed E-state index contributed by atoms with van der Waals surface area (Å²) in [5, 5.41) is 2.80. The van der Waals surface area contributed by atoms with Gasteiger partial charge in [0.05, 0.1) is 6.04 Å². The van der Waals surface area contributed by atoms with Crippen molar-refractivity contribution in [3.63, 3.8) is 0 Å². The standard InChI is InChI=1S/C14H20N2O.C6H12N2O/c1-10(15)13-8-14(17)16(9-13)11(2)12-6-4-3-5-7-12;1-4-5(3-7)2-6(9)8-4/h3-7,10-11,13H,8-9,15H2,1-2H3;4-5H,2-3,7H2,1H3,(H,8,9)/t10-,11+,13+;4-,5-/m01/s1. The lowest BCUT2D eigenvalue weighted by Gasteiger charge is -2.25. The number of carbonyl (C=O) groups excluding carboxylic acids is 2. The van der Waals surface area contributed by atoms with Crippen LogP contribution in [0, 0.1) is 11.8 Å². The highest BCUT2D eigenvalue weighted by atomic mass is 16.2. The molecule has 5 N–H and O–H groups in total. The lowest BCUT2D eigenvalue weighted by Crippen LogP contribution is -2.32. The van der Waals surface area contributed by atoms with Crippen molar-refractivity contribution in [1.29, 1.82) is 0 Å². The van der Waals surface area contributed by atoms with Crippen LogP contribution in [-0.2, 0) is 9.59 Å². The Morgan fingerprint density at radius 2 is 1.85 bits per heavy atom. The highest BCUT2D eigenvalue weighted by molar-refractivity contribution is 5.79. The number of benzene rings is 1. The Morgan fingerprint density at radius 1 is 1.19 bits per heavy atom. The molecular formula is C20H32N4O2. The van der Waals surface area contributed by atoms with Crippen LogP contribution >= 0.6 is 0 Å². The van der Waals surface area contributed by atoms with Crippen LogP contribution in [0.4, 0.5) is 0 Å². The Labute approximate surface area is 156 Å². The maximum Gasteiger partial charge on any atom is 0.223 e. The van der Waals surface area contributed by atoms with Gasteiger partial charge in [0.25, 0.3) is 0 Å². The van der Waals surface area contributed by atoms with Crippen LogP contribution in [0.1, 0.15) is 45.2 Å². The second-order valence-electron chi connectivity index (χ2n) is 7.51. The van der Waals surface area contributed by atoms with E-state index in [1.165, 1.54) is 5.56 Å². The van der Waals surface area contributed by atoms with Gasteiger partial charge >= 0.3 is 0 Å². The second-order valence-corrected chi connectivity index (χ2v) is 7.51. The number of hydrogen-bond acceptors (Lipinski definition) is 4. The van der Waals surface area contributed by atoms with Crippen molar-refractivity contribution >= 4 is 11.8 Å². The highest BCUT2D eigenvalue weighted by Gasteiger charge is 2.34. The number of nitrogens with one attached hydrogen (secondary N) is 1. The number of carbonyl (C=O) groups is 2. The predicted molar refractivity (Wildman–Crippen MR) is 103 cm³/mol. The fourth-order valence-electron chi connectivity index (χ4n) is 3.53. The predicted octanol–water partition coefficient (Wildman–Crippen LogP) is 1.41. The van der Waals surface area contributed by atoms with Crippen LogP contribution in [0.25, 0.3) is 0 Å². The molecule has 5 atom stereocenters. The zero-order valence-corrected chi connectivity index (χ0v) is 16.0. The summed E-state index contributed by atoms with van der Waals surface area (Å²) in [6.45, 7) is 7.44. The fraction of sp³-hybridized carbons (Fsp3) is 0.600. The average Bonchev–Trinajstić information content (AvgIpc) is 3.17. The van der Waals surface area contributed by atoms with Crippen LogP contribution in [0.2, 0.25) is 0 Å². The highest BCUT2D eigenvalue weighted by Crippen LogP contribution is 2.29. The Balaban J connectivity index is 0.000000228. The summed E-state index contributed by atoms with van der Waals surface area (Å²) in [5.74, 6) is 1.02. The molecule has 0 spiro atoms. The Morgan fingerprint density at radius 3 is 2.27 bits per heavy atom. The number of nitrogens with two attached hydrogens (primary N) is 2. The molecule has 0 aliphatic carbocycles. The van der Waals surface area contributed by atoms with Crippen molar-refractivity contribution < 1.29 is 9.59 Å². The molecule has 2 aliphatic heterocycles. The molecule has 0 unspecified atom stereocenters. The molecule has 6 heteroatoms. The van der Waals surface area contributed by atoms with Gasteiger partial charge in [-0.2, -0.15) is 0 Å². The third-order valence-corrected chi connectivity index (χ3v) is 5.53. The molecule has 0 saturated carbocycles. The van der Waals surface area contributed by atoms with Crippen LogP contribution in [0.5, 0.6) is 0 Å². The lowest BCUT2D eigenvalue weighted by atomic mass is 10.0. The van der Waals surface area contributed by atoms with Crippen molar-refractivity contribution in [2.45, 2.75) is 51.7 Å². The van der Waals surface area contributed by atoms with Crippen LogP contribution < -0.4 is 16.8 Å². The minimum atomic E-state index is 0.0897. The van der Waals surface area contributed by atoms with Gasteiger partial charge in [-0.05, 0) is 38.8 Å². The largest absolute Gasteiger partial charge is 0.353 e. The van der Waals surface area contributed by atoms with Gasteiger partial charge in [0.15, 0.2) is 0 Å². The SMILES string of the molecule is C[C@H](N)[C@@H]1CC(=O)N([C@H](C)c2ccccc2)C1.C[C@H]1NC(=O)C[C@@H]1CN. The Kier molecular flexibility index (Phi) is 7.17. The van der Waals surface area contributed by atoms with Gasteiger partial charge in [-0.15, -0.1) is 0 Å². The van der Waals surface area contributed by atoms with Gasteiger partial charge < -0.3 is 21.7 Å². The number of hydrogen-bond donors (Lipinski definition) is 3. The van der Waals surface area contributed by atoms with E-state index in [1.54, 1.807) is 0 Å². The van der Waals surface area contributed by atoms with Crippen LogP contribution in [-0.4, -0.2) is 41.9 Å². The van der Waals surface area contributed by atoms with E-state index in [-0.39, 0.29) is 29.9 Å². The monoisotopic (exact) mass is 360 g/mol. The van der Waals surface area contributed by atoms with E-state index in [0.717, 1.165) is 6.54 Å². The van der Waals surface area contributed by atoms with Crippen molar-refractivity contribution in [3.05, 3.63) is 35.9 Å². The summed E-state index contributed by atoms with van der Waals surface area (Å²) in [7, 11) is 0. The molecule has 2 heterocycles. The van der Waals surface area contributed by atoms with E-state index in [1.807, 2.05) is 36.9 Å². The molecule has 2 saturated heterocycles. The molecule has 0 radical (unpaired) electrons. The van der Waals surface area contributed by atoms with Crippen molar-refractivity contribution in [3.8, 4) is 0 Å². The van der Waals surface area contributed by atoms with E-state index < -0.39 is 0 Å². The van der Waals surface area contributed by atoms with E-state index in [2.05, 4.69) is 24.4 Å². The topological polar surface area (TPSA) is 101 Å². The van der Waals surface area contributed by atoms with Crippen molar-refractivity contribution in [2.75, 3.05) is 13.1 Å². The van der Waals surface area contributed by atoms with Crippen LogP contribution in [0.15, 0.2) is 30.3 Å². The van der Waals surface area contributed by atoms with E-state index in [9.17, 15) is 9.59 Å². The number of amides is 2. The molecule has 0 bridgehead atoms. The number of rotatable bonds is 4. The molecule has 2 amide bonds. The lowest BCUT2D eigenvalue weighted by molar-refractivity contribution is -0.129. The minimum Gasteiger partial charge on any atom is -0.353 e. The summed E-state index contributed by atoms with van der Waals surface area (Å²) < 4.78 is 0. The zero-order valence-electron chi connectivity index (χ0n) is 16.0. The van der Waals surface area contributed by atoms with Gasteiger partial charge in [0.1, 0.15) is 0 Å². The van der Waals surface area contributed by atoms with Crippen LogP contribution in [0.3, 0.4) is 0 Å². The van der Waals surface area contributed by atoms with E-state index in [4.69, 9.17) is 11.5 Å². The maximum atomic E-state index is 12.0. The van der Waals surface area contributed by atoms with Crippen molar-refractivity contribution in [1.82, 2.24) is 10.2 Å². The molecule has 3 rings (SSSR count). The number of nitrogens with zero attached hydrogens (tertiary/aromatic N) is 1. The minimum absolute atomic E-state index is 0.0897. The molecule has 1 aromatic carbocycles. The molecule has 26 heavy (non-hydrogen) atoms. The summed E-state index contributed by atoms with van der Waals surface area (Å²) in [5.41, 5.74) is 12.5. The van der Waals surface area contributed by atoms with E-state index >= 15 is 0 Å². The van der Waals surface area contributed by atoms with Gasteiger partial charge in [0.2, 0.25) is 11.8 Å². The number of likely N-dealkylation sites (tertiary alicyclic amines) is 1. The first kappa shape index (κ1) is 20.4. The summed E-state index contributed by atoms with van der Waals surface area (Å²) in [6, 6.07) is 10.7. The molecule has 2 fully saturated rings. The fourth-order valence-corrected chi connectivity index (χ4v) is 3.53. The first-order valence-corrected chi connectivity index (χ1v) is 9.42. The second kappa shape index (κ2) is 9.14. The third kappa shape index (κ3) is 5.05. The normalized spacial score (nSPS) is 27.6. The zero-order chi connectivity index (χ0) is 19.3. The maximum absolute atomic E-state index is 12.0. The van der Waals surface area contributed by atoms with E-state index in [0.29, 0.717) is 31.2 Å². The first-order valence-electron chi connectivity index (χ1n) is 9.42. The summed E-state index contributed by atoms with van der Waals surface area (Å²) in [4.78, 5) is 24.6. The molecule has 1 aromatic rings. The van der Waals surface area contributed by atoms with Gasteiger partial charge in [-0.25, -0.2) is 0 Å². The van der Waals surface area contributed by atoms with Gasteiger partial charge in [0, 0.05) is 37.4 Å². The van der Waals surface area contributed by atoms with Crippen molar-refractivity contribution in [2.24, 2.45) is 23.3 Å². The Bertz CT molecular complexity index is 605. The molecule has 2 aliphatic rings. The molecule has 6 nitrogen and oxygen atoms in total. The third-order valence-electron chi connectivity index (χ3n) is 5.53. The molecule has 144 valence electrons. The summed E-state index contributed by atoms with van der Waals surface area (Å²) >= 11 is 0. The quantitative estimate of drug-likeness (QED) is 0.755.